The van der Waals surface area contributed by atoms with Crippen molar-refractivity contribution in [3.8, 4) is 5.75 Å². The minimum atomic E-state index is 0.0610. The van der Waals surface area contributed by atoms with E-state index in [-0.39, 0.29) is 6.03 Å². The summed E-state index contributed by atoms with van der Waals surface area (Å²) in [6, 6.07) is 7.89. The summed E-state index contributed by atoms with van der Waals surface area (Å²) >= 11 is 0. The Morgan fingerprint density at radius 2 is 1.88 bits per heavy atom. The maximum atomic E-state index is 12.4. The van der Waals surface area contributed by atoms with E-state index in [2.05, 4.69) is 17.1 Å². The van der Waals surface area contributed by atoms with Crippen LogP contribution in [0.2, 0.25) is 0 Å². The fraction of sp³-hybridized carbons (Fsp3) is 0.667. The van der Waals surface area contributed by atoms with E-state index in [9.17, 15) is 4.79 Å². The number of carbonyl (C=O) groups is 1. The molecule has 1 aromatic rings. The maximum absolute atomic E-state index is 12.4. The number of urea groups is 1. The third kappa shape index (κ3) is 5.37. The summed E-state index contributed by atoms with van der Waals surface area (Å²) in [6.45, 7) is 8.41. The molecule has 3 rings (SSSR count). The van der Waals surface area contributed by atoms with E-state index < -0.39 is 0 Å². The van der Waals surface area contributed by atoms with Gasteiger partial charge in [-0.05, 0) is 61.8 Å². The van der Waals surface area contributed by atoms with Crippen molar-refractivity contribution in [2.45, 2.75) is 39.2 Å². The van der Waals surface area contributed by atoms with Gasteiger partial charge in [-0.3, -0.25) is 0 Å². The molecule has 0 radical (unpaired) electrons. The number of rotatable bonds is 5. The van der Waals surface area contributed by atoms with Gasteiger partial charge in [-0.2, -0.15) is 0 Å². The monoisotopic (exact) mass is 359 g/mol. The fourth-order valence-corrected chi connectivity index (χ4v) is 4.17. The van der Waals surface area contributed by atoms with Gasteiger partial charge in [0.15, 0.2) is 0 Å². The van der Waals surface area contributed by atoms with Gasteiger partial charge in [0, 0.05) is 32.7 Å². The molecule has 2 saturated heterocycles. The lowest BCUT2D eigenvalue weighted by Gasteiger charge is -2.37. The normalized spacial score (nSPS) is 22.2. The summed E-state index contributed by atoms with van der Waals surface area (Å²) in [5, 5.41) is 3.04. The van der Waals surface area contributed by atoms with E-state index in [1.54, 1.807) is 7.11 Å². The summed E-state index contributed by atoms with van der Waals surface area (Å²) in [7, 11) is 1.66. The standard InChI is InChI=1S/C21H33N3O2/c1-17-4-3-11-23(15-17)16-19-9-12-24(13-10-19)21(25)22-14-18-5-7-20(26-2)8-6-18/h5-8,17,19H,3-4,9-16H2,1-2H3,(H,22,25). The van der Waals surface area contributed by atoms with E-state index >= 15 is 0 Å². The van der Waals surface area contributed by atoms with Crippen LogP contribution in [0.4, 0.5) is 4.79 Å². The van der Waals surface area contributed by atoms with E-state index in [1.165, 1.54) is 32.5 Å². The predicted molar refractivity (Wildman–Crippen MR) is 104 cm³/mol. The quantitative estimate of drug-likeness (QED) is 0.877. The molecule has 0 saturated carbocycles. The average molecular weight is 360 g/mol. The number of ether oxygens (including phenoxy) is 1. The van der Waals surface area contributed by atoms with Crippen molar-refractivity contribution in [3.05, 3.63) is 29.8 Å². The molecule has 1 N–H and O–H groups in total. The number of likely N-dealkylation sites (tertiary alicyclic amines) is 2. The van der Waals surface area contributed by atoms with E-state index in [0.29, 0.717) is 6.54 Å². The highest BCUT2D eigenvalue weighted by molar-refractivity contribution is 5.74. The van der Waals surface area contributed by atoms with Crippen LogP contribution in [0.5, 0.6) is 5.75 Å². The molecular formula is C21H33N3O2. The Hall–Kier alpha value is -1.75. The largest absolute Gasteiger partial charge is 0.497 e. The second-order valence-corrected chi connectivity index (χ2v) is 7.94. The summed E-state index contributed by atoms with van der Waals surface area (Å²) in [6.07, 6.45) is 4.97. The zero-order valence-electron chi connectivity index (χ0n) is 16.2. The molecule has 0 aliphatic carbocycles. The van der Waals surface area contributed by atoms with Crippen LogP contribution >= 0.6 is 0 Å². The Kier molecular flexibility index (Phi) is 6.78. The SMILES string of the molecule is COc1ccc(CNC(=O)N2CCC(CN3CCCC(C)C3)CC2)cc1. The van der Waals surface area contributed by atoms with Crippen LogP contribution in [0, 0.1) is 11.8 Å². The van der Waals surface area contributed by atoms with Gasteiger partial charge in [-0.25, -0.2) is 4.79 Å². The van der Waals surface area contributed by atoms with Gasteiger partial charge >= 0.3 is 6.03 Å². The number of nitrogens with one attached hydrogen (secondary N) is 1. The predicted octanol–water partition coefficient (Wildman–Crippen LogP) is 3.35. The van der Waals surface area contributed by atoms with Gasteiger partial charge in [0.1, 0.15) is 5.75 Å². The zero-order valence-corrected chi connectivity index (χ0v) is 16.2. The molecule has 2 heterocycles. The number of amides is 2. The number of benzene rings is 1. The topological polar surface area (TPSA) is 44.8 Å². The fourth-order valence-electron chi connectivity index (χ4n) is 4.17. The highest BCUT2D eigenvalue weighted by Gasteiger charge is 2.25. The molecule has 1 atom stereocenters. The summed E-state index contributed by atoms with van der Waals surface area (Å²) < 4.78 is 5.16. The van der Waals surface area contributed by atoms with Crippen LogP contribution in [0.3, 0.4) is 0 Å². The molecule has 1 unspecified atom stereocenters. The first-order valence-electron chi connectivity index (χ1n) is 10.0. The van der Waals surface area contributed by atoms with Crippen LogP contribution in [0.25, 0.3) is 0 Å². The Balaban J connectivity index is 1.37. The lowest BCUT2D eigenvalue weighted by Crippen LogP contribution is -2.46. The minimum absolute atomic E-state index is 0.0610. The smallest absolute Gasteiger partial charge is 0.317 e. The van der Waals surface area contributed by atoms with Crippen LogP contribution in [-0.2, 0) is 6.54 Å². The third-order valence-electron chi connectivity index (χ3n) is 5.76. The molecule has 2 fully saturated rings. The van der Waals surface area contributed by atoms with E-state index in [0.717, 1.165) is 49.1 Å². The van der Waals surface area contributed by atoms with Gasteiger partial charge in [0.2, 0.25) is 0 Å². The molecule has 2 aliphatic heterocycles. The first-order valence-corrected chi connectivity index (χ1v) is 10.0. The van der Waals surface area contributed by atoms with Crippen LogP contribution in [0.15, 0.2) is 24.3 Å². The van der Waals surface area contributed by atoms with Crippen molar-refractivity contribution in [1.82, 2.24) is 15.1 Å². The number of nitrogens with zero attached hydrogens (tertiary/aromatic N) is 2. The van der Waals surface area contributed by atoms with Gasteiger partial charge in [0.25, 0.3) is 0 Å². The Morgan fingerprint density at radius 3 is 2.54 bits per heavy atom. The second kappa shape index (κ2) is 9.26. The first-order chi connectivity index (χ1) is 12.6. The van der Waals surface area contributed by atoms with E-state index in [1.807, 2.05) is 29.2 Å². The van der Waals surface area contributed by atoms with Gasteiger partial charge in [0.05, 0.1) is 7.11 Å². The molecule has 0 bridgehead atoms. The average Bonchev–Trinajstić information content (AvgIpc) is 2.67. The number of hydrogen-bond acceptors (Lipinski definition) is 3. The van der Waals surface area contributed by atoms with Crippen molar-refractivity contribution in [3.63, 3.8) is 0 Å². The summed E-state index contributed by atoms with van der Waals surface area (Å²) in [4.78, 5) is 17.0. The van der Waals surface area contributed by atoms with Crippen molar-refractivity contribution < 1.29 is 9.53 Å². The third-order valence-corrected chi connectivity index (χ3v) is 5.76. The summed E-state index contributed by atoms with van der Waals surface area (Å²) in [5.74, 6) is 2.42. The van der Waals surface area contributed by atoms with Crippen LogP contribution in [-0.4, -0.2) is 55.7 Å². The highest BCUT2D eigenvalue weighted by Crippen LogP contribution is 2.22. The number of hydrogen-bond donors (Lipinski definition) is 1. The van der Waals surface area contributed by atoms with Crippen molar-refractivity contribution in [1.29, 1.82) is 0 Å². The van der Waals surface area contributed by atoms with Crippen LogP contribution in [0.1, 0.15) is 38.2 Å². The van der Waals surface area contributed by atoms with Crippen molar-refractivity contribution >= 4 is 6.03 Å². The number of carbonyl (C=O) groups excluding carboxylic acids is 1. The molecule has 26 heavy (non-hydrogen) atoms. The molecule has 5 heteroatoms. The highest BCUT2D eigenvalue weighted by atomic mass is 16.5. The number of piperidine rings is 2. The van der Waals surface area contributed by atoms with Crippen molar-refractivity contribution in [2.24, 2.45) is 11.8 Å². The van der Waals surface area contributed by atoms with Crippen molar-refractivity contribution in [2.75, 3.05) is 39.8 Å². The lowest BCUT2D eigenvalue weighted by atomic mass is 9.94. The second-order valence-electron chi connectivity index (χ2n) is 7.94. The molecule has 0 spiro atoms. The van der Waals surface area contributed by atoms with Gasteiger partial charge in [-0.1, -0.05) is 19.1 Å². The zero-order chi connectivity index (χ0) is 18.4. The number of methoxy groups -OCH3 is 1. The van der Waals surface area contributed by atoms with Crippen LogP contribution < -0.4 is 10.1 Å². The molecular weight excluding hydrogens is 326 g/mol. The first kappa shape index (κ1) is 19.0. The lowest BCUT2D eigenvalue weighted by molar-refractivity contribution is 0.122. The molecule has 144 valence electrons. The molecule has 1 aromatic carbocycles. The van der Waals surface area contributed by atoms with Gasteiger partial charge < -0.3 is 19.9 Å². The summed E-state index contributed by atoms with van der Waals surface area (Å²) in [5.41, 5.74) is 1.09. The van der Waals surface area contributed by atoms with E-state index in [4.69, 9.17) is 4.74 Å². The molecule has 2 amide bonds. The molecule has 2 aliphatic rings. The Bertz CT molecular complexity index is 567. The Morgan fingerprint density at radius 1 is 1.15 bits per heavy atom. The maximum Gasteiger partial charge on any atom is 0.317 e. The van der Waals surface area contributed by atoms with Gasteiger partial charge in [-0.15, -0.1) is 0 Å². The molecule has 0 aromatic heterocycles. The molecule has 5 nitrogen and oxygen atoms in total. The Labute approximate surface area is 157 Å². The minimum Gasteiger partial charge on any atom is -0.497 e.